The van der Waals surface area contributed by atoms with Gasteiger partial charge in [0.25, 0.3) is 11.6 Å². The fourth-order valence-electron chi connectivity index (χ4n) is 1.24. The van der Waals surface area contributed by atoms with Crippen LogP contribution in [0.5, 0.6) is 0 Å². The molecular weight excluding hydrogens is 442 g/mol. The maximum atomic E-state index is 9.90. The van der Waals surface area contributed by atoms with Gasteiger partial charge in [-0.2, -0.15) is 0 Å². The zero-order valence-corrected chi connectivity index (χ0v) is 15.6. The molecule has 0 unspecified atom stereocenters. The average Bonchev–Trinajstić information content (AvgIpc) is 2.75. The number of aldehydes is 2. The second-order valence-corrected chi connectivity index (χ2v) is 5.06. The average molecular weight is 469 g/mol. The third kappa shape index (κ3) is 20.7. The predicted molar refractivity (Wildman–Crippen MR) is 91.8 cm³/mol. The summed E-state index contributed by atoms with van der Waals surface area (Å²) in [6.45, 7) is -1.77. The zero-order valence-electron chi connectivity index (χ0n) is 15.6. The molecule has 0 rings (SSSR count). The van der Waals surface area contributed by atoms with Crippen LogP contribution in [0, 0.1) is 10.1 Å². The Morgan fingerprint density at radius 3 is 1.00 bits per heavy atom. The molecule has 0 spiro atoms. The Hall–Kier alpha value is -2.39. The number of carbonyl (C=O) groups is 3. The maximum absolute atomic E-state index is 9.90. The van der Waals surface area contributed by atoms with E-state index in [2.05, 4.69) is 0 Å². The monoisotopic (exact) mass is 469 g/mol. The number of carboxylic acid groups (broad SMARTS) is 1. The smallest absolute Gasteiger partial charge is 0.291 e. The quantitative estimate of drug-likeness (QED) is 0.0802. The number of carbonyl (C=O) groups excluding carboxylic acids is 2. The molecule has 0 heterocycles. The van der Waals surface area contributed by atoms with E-state index in [9.17, 15) is 9.59 Å². The Labute approximate surface area is 173 Å². The number of nitrogens with zero attached hydrogens (tertiary/aromatic N) is 1. The van der Waals surface area contributed by atoms with Crippen LogP contribution in [0.1, 0.15) is 0 Å². The summed E-state index contributed by atoms with van der Waals surface area (Å²) in [6.07, 6.45) is -13.7. The molecule has 186 valence electrons. The normalized spacial score (nSPS) is 17.5. The molecule has 0 aliphatic carbocycles. The summed E-state index contributed by atoms with van der Waals surface area (Å²) in [5.74, 6) is 0. The molecule has 0 aromatic heterocycles. The molecule has 18 nitrogen and oxygen atoms in total. The van der Waals surface area contributed by atoms with E-state index in [0.29, 0.717) is 0 Å². The van der Waals surface area contributed by atoms with E-state index in [1.54, 1.807) is 0 Å². The van der Waals surface area contributed by atoms with Gasteiger partial charge in [-0.3, -0.25) is 4.79 Å². The van der Waals surface area contributed by atoms with Gasteiger partial charge in [-0.15, -0.1) is 10.1 Å². The summed E-state index contributed by atoms with van der Waals surface area (Å²) in [6, 6.07) is 0. The maximum Gasteiger partial charge on any atom is 0.291 e. The number of aliphatic hydroxyl groups excluding tert-OH is 10. The molecule has 0 aromatic carbocycles. The molecule has 0 amide bonds. The van der Waals surface area contributed by atoms with Crippen LogP contribution < -0.4 is 0 Å². The van der Waals surface area contributed by atoms with Gasteiger partial charge in [0, 0.05) is 0 Å². The minimum absolute atomic E-state index is 0.0258. The first-order chi connectivity index (χ1) is 14.2. The highest BCUT2D eigenvalue weighted by Gasteiger charge is 2.30. The molecule has 0 bridgehead atoms. The molecule has 0 saturated heterocycles. The first kappa shape index (κ1) is 36.0. The molecule has 18 heteroatoms. The van der Waals surface area contributed by atoms with Gasteiger partial charge < -0.3 is 71.0 Å². The number of hydrogen-bond donors (Lipinski definition) is 12. The third-order valence-corrected chi connectivity index (χ3v) is 2.84. The Morgan fingerprint density at radius 2 is 0.871 bits per heavy atom. The van der Waals surface area contributed by atoms with Crippen molar-refractivity contribution in [3.8, 4) is 0 Å². The van der Waals surface area contributed by atoms with Gasteiger partial charge in [0.1, 0.15) is 48.8 Å². The minimum Gasteiger partial charge on any atom is -0.483 e. The van der Waals surface area contributed by atoms with Crippen LogP contribution in [0.4, 0.5) is 0 Å². The van der Waals surface area contributed by atoms with Gasteiger partial charge in [-0.25, -0.2) is 0 Å². The van der Waals surface area contributed by atoms with Gasteiger partial charge >= 0.3 is 0 Å². The van der Waals surface area contributed by atoms with Crippen molar-refractivity contribution in [1.29, 1.82) is 0 Å². The summed E-state index contributed by atoms with van der Waals surface area (Å²) in [4.78, 5) is 36.5. The molecule has 8 atom stereocenters. The zero-order chi connectivity index (χ0) is 25.7. The van der Waals surface area contributed by atoms with Crippen molar-refractivity contribution in [3.05, 3.63) is 10.1 Å². The molecule has 0 aromatic rings. The Kier molecular flexibility index (Phi) is 25.9. The van der Waals surface area contributed by atoms with Gasteiger partial charge in [-0.05, 0) is 0 Å². The number of aliphatic hydroxyl groups is 10. The van der Waals surface area contributed by atoms with Crippen LogP contribution in [0.2, 0.25) is 0 Å². The third-order valence-electron chi connectivity index (χ3n) is 2.84. The summed E-state index contributed by atoms with van der Waals surface area (Å²) < 4.78 is 0. The van der Waals surface area contributed by atoms with Gasteiger partial charge in [0.05, 0.1) is 13.2 Å². The van der Waals surface area contributed by atoms with Crippen LogP contribution in [0.25, 0.3) is 0 Å². The van der Waals surface area contributed by atoms with Crippen LogP contribution in [0.15, 0.2) is 0 Å². The van der Waals surface area contributed by atoms with E-state index in [1.165, 1.54) is 0 Å². The summed E-state index contributed by atoms with van der Waals surface area (Å²) >= 11 is 0. The van der Waals surface area contributed by atoms with Gasteiger partial charge in [0.15, 0.2) is 12.6 Å². The summed E-state index contributed by atoms with van der Waals surface area (Å²) in [5.41, 5.74) is 0. The van der Waals surface area contributed by atoms with Gasteiger partial charge in [-0.1, -0.05) is 0 Å². The second kappa shape index (κ2) is 22.3. The fourth-order valence-corrected chi connectivity index (χ4v) is 1.24. The highest BCUT2D eigenvalue weighted by atomic mass is 16.9. The van der Waals surface area contributed by atoms with Crippen molar-refractivity contribution >= 4 is 19.0 Å². The number of rotatable bonds is 10. The lowest BCUT2D eigenvalue weighted by molar-refractivity contribution is -0.742. The topological polar surface area (TPSA) is 337 Å². The fraction of sp³-hybridized carbons (Fsp3) is 0.769. The Morgan fingerprint density at radius 1 is 0.677 bits per heavy atom. The lowest BCUT2D eigenvalue weighted by Gasteiger charge is -2.22. The lowest BCUT2D eigenvalue weighted by Crippen LogP contribution is -2.46. The van der Waals surface area contributed by atoms with Crippen molar-refractivity contribution in [2.75, 3.05) is 13.2 Å². The van der Waals surface area contributed by atoms with E-state index in [1.807, 2.05) is 0 Å². The van der Waals surface area contributed by atoms with Crippen molar-refractivity contribution in [1.82, 2.24) is 0 Å². The van der Waals surface area contributed by atoms with E-state index in [-0.39, 0.29) is 19.0 Å². The van der Waals surface area contributed by atoms with Crippen molar-refractivity contribution in [2.24, 2.45) is 0 Å². The van der Waals surface area contributed by atoms with Crippen molar-refractivity contribution in [3.63, 3.8) is 0 Å². The van der Waals surface area contributed by atoms with Crippen LogP contribution >= 0.6 is 0 Å². The SMILES string of the molecule is O=CO.O=C[C@H](O)[C@@H](O)[C@H](O)[C@H](O)CO.O=C[C@H](O)[C@@H](O)[C@H](O)[C@H](O)CO.O=[N+]([O-])O. The lowest BCUT2D eigenvalue weighted by atomic mass is 10.0. The van der Waals surface area contributed by atoms with Crippen LogP contribution in [-0.4, -0.2) is 148 Å². The first-order valence-corrected chi connectivity index (χ1v) is 7.71. The molecule has 0 aliphatic rings. The van der Waals surface area contributed by atoms with E-state index in [4.69, 9.17) is 76.3 Å². The molecule has 0 fully saturated rings. The Bertz CT molecular complexity index is 429. The summed E-state index contributed by atoms with van der Waals surface area (Å²) in [7, 11) is 0. The number of hydrogen-bond acceptors (Lipinski definition) is 15. The highest BCUT2D eigenvalue weighted by molar-refractivity contribution is 5.57. The first-order valence-electron chi connectivity index (χ1n) is 7.71. The van der Waals surface area contributed by atoms with E-state index in [0.717, 1.165) is 0 Å². The van der Waals surface area contributed by atoms with Crippen molar-refractivity contribution < 1.29 is 80.8 Å². The van der Waals surface area contributed by atoms with Gasteiger partial charge in [0.2, 0.25) is 0 Å². The van der Waals surface area contributed by atoms with Crippen LogP contribution in [0.3, 0.4) is 0 Å². The molecule has 31 heavy (non-hydrogen) atoms. The second-order valence-electron chi connectivity index (χ2n) is 5.06. The van der Waals surface area contributed by atoms with Crippen molar-refractivity contribution in [2.45, 2.75) is 48.8 Å². The highest BCUT2D eigenvalue weighted by Crippen LogP contribution is 2.03. The molecule has 0 aliphatic heterocycles. The van der Waals surface area contributed by atoms with E-state index >= 15 is 0 Å². The van der Waals surface area contributed by atoms with E-state index < -0.39 is 67.1 Å². The standard InChI is InChI=1S/2C6H12O6.CH2O2.HNO3/c2*7-1-3(9)5(11)6(12)4(10)2-8;2-1-3;2-1(3)4/h2*1,3-6,8-12H,2H2;1H,(H,2,3);(H,2,3,4)/t2*3-,4+,5+,6+;;/m00../s1. The largest absolute Gasteiger partial charge is 0.483 e. The molecular formula is C13H27NO17. The Balaban J connectivity index is -0.000000181. The summed E-state index contributed by atoms with van der Waals surface area (Å²) in [5, 5.41) is 108. The predicted octanol–water partition coefficient (Wildman–Crippen LogP) is -7.40. The van der Waals surface area contributed by atoms with Crippen LogP contribution in [-0.2, 0) is 14.4 Å². The molecule has 0 saturated carbocycles. The molecule has 0 radical (unpaired) electrons. The molecule has 12 N–H and O–H groups in total. The minimum atomic E-state index is -1.79.